The highest BCUT2D eigenvalue weighted by molar-refractivity contribution is 7.92. The predicted octanol–water partition coefficient (Wildman–Crippen LogP) is 3.47. The summed E-state index contributed by atoms with van der Waals surface area (Å²) < 4.78 is 48.0. The quantitative estimate of drug-likeness (QED) is 0.421. The van der Waals surface area contributed by atoms with Gasteiger partial charge in [-0.15, -0.1) is 0 Å². The average molecular weight is 478 g/mol. The van der Waals surface area contributed by atoms with Crippen LogP contribution in [0.5, 0.6) is 0 Å². The number of carbonyl (C=O) groups is 2. The van der Waals surface area contributed by atoms with Crippen molar-refractivity contribution in [3.05, 3.63) is 95.7 Å². The minimum Gasteiger partial charge on any atom is -0.356 e. The van der Waals surface area contributed by atoms with Gasteiger partial charge in [-0.2, -0.15) is 0 Å². The number of imide groups is 1. The molecule has 0 atom stereocenters. The zero-order valence-corrected chi connectivity index (χ0v) is 18.1. The highest BCUT2D eigenvalue weighted by atomic mass is 32.2. The summed E-state index contributed by atoms with van der Waals surface area (Å²) >= 11 is 0. The van der Waals surface area contributed by atoms with Crippen molar-refractivity contribution in [1.82, 2.24) is 15.0 Å². The minimum atomic E-state index is -4.30. The van der Waals surface area contributed by atoms with E-state index in [1.54, 1.807) is 18.2 Å². The van der Waals surface area contributed by atoms with Crippen LogP contribution in [0.2, 0.25) is 0 Å². The molecule has 0 saturated heterocycles. The van der Waals surface area contributed by atoms with Crippen LogP contribution >= 0.6 is 0 Å². The van der Waals surface area contributed by atoms with E-state index in [2.05, 4.69) is 14.9 Å². The largest absolute Gasteiger partial charge is 0.356 e. The van der Waals surface area contributed by atoms with E-state index >= 15 is 0 Å². The Kier molecular flexibility index (Phi) is 5.17. The summed E-state index contributed by atoms with van der Waals surface area (Å²) in [4.78, 5) is 29.8. The fourth-order valence-corrected chi connectivity index (χ4v) is 4.94. The first-order valence-corrected chi connectivity index (χ1v) is 11.5. The van der Waals surface area contributed by atoms with E-state index in [1.165, 1.54) is 42.7 Å². The van der Waals surface area contributed by atoms with Gasteiger partial charge in [0.15, 0.2) is 5.76 Å². The second-order valence-electron chi connectivity index (χ2n) is 7.41. The second kappa shape index (κ2) is 8.19. The third kappa shape index (κ3) is 3.82. The molecule has 9 nitrogen and oxygen atoms in total. The number of hydrogen-bond donors (Lipinski definition) is 1. The average Bonchev–Trinajstić information content (AvgIpc) is 3.44. The van der Waals surface area contributed by atoms with Crippen LogP contribution in [0.4, 0.5) is 10.1 Å². The highest BCUT2D eigenvalue weighted by Gasteiger charge is 2.37. The lowest BCUT2D eigenvalue weighted by atomic mass is 10.1. The lowest BCUT2D eigenvalue weighted by molar-refractivity contribution is 0.0639. The molecular weight excluding hydrogens is 463 g/mol. The molecular formula is C23H15FN4O5S. The van der Waals surface area contributed by atoms with Gasteiger partial charge in [0.1, 0.15) is 11.5 Å². The minimum absolute atomic E-state index is 0.0126. The molecule has 0 fully saturated rings. The number of hydrogen-bond acceptors (Lipinski definition) is 7. The van der Waals surface area contributed by atoms with E-state index in [0.717, 1.165) is 17.0 Å². The van der Waals surface area contributed by atoms with Crippen molar-refractivity contribution >= 4 is 27.5 Å². The van der Waals surface area contributed by atoms with Gasteiger partial charge in [0.05, 0.1) is 23.2 Å². The second-order valence-corrected chi connectivity index (χ2v) is 9.06. The first-order valence-electron chi connectivity index (χ1n) is 9.97. The number of nitrogens with zero attached hydrogens (tertiary/aromatic N) is 3. The van der Waals surface area contributed by atoms with Gasteiger partial charge in [-0.05, 0) is 42.0 Å². The maximum absolute atomic E-state index is 14.1. The van der Waals surface area contributed by atoms with Crippen LogP contribution in [0.25, 0.3) is 11.3 Å². The van der Waals surface area contributed by atoms with Gasteiger partial charge in [0.25, 0.3) is 21.8 Å². The molecule has 0 radical (unpaired) electrons. The first-order chi connectivity index (χ1) is 16.3. The Labute approximate surface area is 192 Å². The third-order valence-electron chi connectivity index (χ3n) is 5.22. The number of sulfonamides is 1. The van der Waals surface area contributed by atoms with Crippen molar-refractivity contribution in [2.75, 3.05) is 4.72 Å². The molecule has 5 rings (SSSR count). The molecule has 2 aromatic heterocycles. The molecule has 1 aliphatic heterocycles. The number of rotatable bonds is 6. The summed E-state index contributed by atoms with van der Waals surface area (Å²) in [6.07, 6.45) is 2.85. The number of pyridine rings is 1. The van der Waals surface area contributed by atoms with Crippen LogP contribution in [0.15, 0.2) is 82.5 Å². The number of benzene rings is 2. The summed E-state index contributed by atoms with van der Waals surface area (Å²) in [6.45, 7) is -0.372. The monoisotopic (exact) mass is 478 g/mol. The molecule has 3 heterocycles. The maximum Gasteiger partial charge on any atom is 0.280 e. The summed E-state index contributed by atoms with van der Waals surface area (Å²) in [5.74, 6) is -1.61. The molecule has 170 valence electrons. The number of nitrogens with one attached hydrogen (secondary N) is 1. The smallest absolute Gasteiger partial charge is 0.280 e. The van der Waals surface area contributed by atoms with E-state index in [4.69, 9.17) is 4.52 Å². The number of carbonyl (C=O) groups excluding carboxylic acids is 2. The van der Waals surface area contributed by atoms with Gasteiger partial charge in [0, 0.05) is 23.5 Å². The molecule has 4 aromatic rings. The Morgan fingerprint density at radius 1 is 0.971 bits per heavy atom. The fraction of sp³-hybridized carbons (Fsp3) is 0.0435. The normalized spacial score (nSPS) is 13.3. The van der Waals surface area contributed by atoms with Gasteiger partial charge in [-0.25, -0.2) is 12.8 Å². The predicted molar refractivity (Wildman–Crippen MR) is 118 cm³/mol. The molecule has 2 amide bonds. The van der Waals surface area contributed by atoms with Crippen LogP contribution in [0, 0.1) is 5.82 Å². The van der Waals surface area contributed by atoms with Crippen molar-refractivity contribution in [3.63, 3.8) is 0 Å². The van der Waals surface area contributed by atoms with Crippen molar-refractivity contribution < 1.29 is 26.9 Å². The van der Waals surface area contributed by atoms with E-state index in [1.807, 2.05) is 0 Å². The number of aromatic nitrogens is 2. The van der Waals surface area contributed by atoms with Gasteiger partial charge in [0.2, 0.25) is 0 Å². The van der Waals surface area contributed by atoms with Crippen LogP contribution < -0.4 is 4.72 Å². The van der Waals surface area contributed by atoms with Crippen molar-refractivity contribution in [2.45, 2.75) is 11.4 Å². The van der Waals surface area contributed by atoms with Gasteiger partial charge in [-0.1, -0.05) is 23.4 Å². The van der Waals surface area contributed by atoms with E-state index < -0.39 is 32.6 Å². The molecule has 1 N–H and O–H groups in total. The molecule has 0 spiro atoms. The Morgan fingerprint density at radius 2 is 1.82 bits per heavy atom. The Hall–Kier alpha value is -4.38. The topological polar surface area (TPSA) is 122 Å². The van der Waals surface area contributed by atoms with Crippen LogP contribution in [-0.2, 0) is 16.6 Å². The maximum atomic E-state index is 14.1. The molecule has 1 aliphatic rings. The lowest BCUT2D eigenvalue weighted by Gasteiger charge is -2.17. The standard InChI is InChI=1S/C23H15FN4O5S/c24-16-7-6-15(13-28-22(29)18-5-2-9-25-21(18)23(28)30)20(12-16)34(31,32)27-17-4-1-3-14(11-17)19-8-10-26-33-19/h1-12,27H,13H2. The zero-order valence-electron chi connectivity index (χ0n) is 17.3. The van der Waals surface area contributed by atoms with Gasteiger partial charge < -0.3 is 4.52 Å². The van der Waals surface area contributed by atoms with Gasteiger partial charge in [-0.3, -0.25) is 24.2 Å². The lowest BCUT2D eigenvalue weighted by Crippen LogP contribution is -2.30. The Balaban J connectivity index is 1.47. The summed E-state index contributed by atoms with van der Waals surface area (Å²) in [7, 11) is -4.30. The Bertz CT molecular complexity index is 1500. The van der Waals surface area contributed by atoms with Gasteiger partial charge >= 0.3 is 0 Å². The molecule has 0 unspecified atom stereocenters. The summed E-state index contributed by atoms with van der Waals surface area (Å²) in [5.41, 5.74) is 0.960. The van der Waals surface area contributed by atoms with Crippen molar-refractivity contribution in [3.8, 4) is 11.3 Å². The molecule has 2 aromatic carbocycles. The van der Waals surface area contributed by atoms with Crippen molar-refractivity contribution in [1.29, 1.82) is 0 Å². The van der Waals surface area contributed by atoms with E-state index in [0.29, 0.717) is 11.3 Å². The zero-order chi connectivity index (χ0) is 23.9. The SMILES string of the molecule is O=C1c2cccnc2C(=O)N1Cc1ccc(F)cc1S(=O)(=O)Nc1cccc(-c2ccno2)c1. The first kappa shape index (κ1) is 21.5. The van der Waals surface area contributed by atoms with Crippen LogP contribution in [0.3, 0.4) is 0 Å². The molecule has 0 saturated carbocycles. The summed E-state index contributed by atoms with van der Waals surface area (Å²) in [6, 6.07) is 14.1. The molecule has 0 bridgehead atoms. The van der Waals surface area contributed by atoms with E-state index in [9.17, 15) is 22.4 Å². The molecule has 11 heteroatoms. The highest BCUT2D eigenvalue weighted by Crippen LogP contribution is 2.28. The fourth-order valence-electron chi connectivity index (χ4n) is 3.65. The summed E-state index contributed by atoms with van der Waals surface area (Å²) in [5, 5.41) is 3.63. The number of fused-ring (bicyclic) bond motifs is 1. The number of halogens is 1. The van der Waals surface area contributed by atoms with Crippen LogP contribution in [0.1, 0.15) is 26.4 Å². The Morgan fingerprint density at radius 3 is 2.59 bits per heavy atom. The van der Waals surface area contributed by atoms with Crippen molar-refractivity contribution in [2.24, 2.45) is 0 Å². The number of anilines is 1. The molecule has 0 aliphatic carbocycles. The third-order valence-corrected chi connectivity index (χ3v) is 6.68. The molecule has 34 heavy (non-hydrogen) atoms. The number of amides is 2. The van der Waals surface area contributed by atoms with E-state index in [-0.39, 0.29) is 29.1 Å². The van der Waals surface area contributed by atoms with Crippen LogP contribution in [-0.4, -0.2) is 35.3 Å².